The Morgan fingerprint density at radius 2 is 1.88 bits per heavy atom. The van der Waals surface area contributed by atoms with Gasteiger partial charge in [-0.25, -0.2) is 4.98 Å². The van der Waals surface area contributed by atoms with E-state index in [1.807, 2.05) is 24.3 Å². The Bertz CT molecular complexity index is 542. The topological polar surface area (TPSA) is 63.8 Å². The minimum Gasteiger partial charge on any atom is -0.394 e. The first-order valence-corrected chi connectivity index (χ1v) is 6.34. The van der Waals surface area contributed by atoms with E-state index in [9.17, 15) is 0 Å². The molecule has 0 fully saturated rings. The first kappa shape index (κ1) is 12.4. The fourth-order valence-corrected chi connectivity index (χ4v) is 1.88. The maximum absolute atomic E-state index is 5.88. The Balaban J connectivity index is 2.32. The zero-order valence-corrected chi connectivity index (χ0v) is 12.0. The second kappa shape index (κ2) is 5.05. The smallest absolute Gasteiger partial charge is 0.224 e. The Labute approximate surface area is 118 Å². The van der Waals surface area contributed by atoms with Crippen molar-refractivity contribution >= 4 is 51.4 Å². The fourth-order valence-electron chi connectivity index (χ4n) is 1.31. The van der Waals surface area contributed by atoms with E-state index in [2.05, 4.69) is 37.9 Å². The van der Waals surface area contributed by atoms with Gasteiger partial charge in [0.1, 0.15) is 0 Å². The SMILES string of the molecule is Cc1nc(Cl)nc(Nc2ccc(I)cc2)c1N. The molecule has 2 rings (SSSR count). The lowest BCUT2D eigenvalue weighted by Gasteiger charge is -2.10. The van der Waals surface area contributed by atoms with Crippen molar-refractivity contribution in [3.05, 3.63) is 38.8 Å². The molecule has 0 radical (unpaired) electrons. The van der Waals surface area contributed by atoms with Gasteiger partial charge in [0.2, 0.25) is 5.28 Å². The molecule has 0 bridgehead atoms. The monoisotopic (exact) mass is 360 g/mol. The van der Waals surface area contributed by atoms with Crippen LogP contribution in [0.5, 0.6) is 0 Å². The highest BCUT2D eigenvalue weighted by Gasteiger charge is 2.07. The number of nitrogens with one attached hydrogen (secondary N) is 1. The van der Waals surface area contributed by atoms with E-state index >= 15 is 0 Å². The zero-order valence-electron chi connectivity index (χ0n) is 9.04. The minimum atomic E-state index is 0.185. The van der Waals surface area contributed by atoms with Crippen molar-refractivity contribution < 1.29 is 0 Å². The van der Waals surface area contributed by atoms with Crippen molar-refractivity contribution in [1.82, 2.24) is 9.97 Å². The lowest BCUT2D eigenvalue weighted by Crippen LogP contribution is -2.03. The van der Waals surface area contributed by atoms with Gasteiger partial charge in [0.15, 0.2) is 5.82 Å². The van der Waals surface area contributed by atoms with E-state index in [0.717, 1.165) is 9.26 Å². The summed E-state index contributed by atoms with van der Waals surface area (Å²) in [7, 11) is 0. The van der Waals surface area contributed by atoms with Gasteiger partial charge in [-0.05, 0) is 65.4 Å². The van der Waals surface area contributed by atoms with Crippen molar-refractivity contribution in [2.24, 2.45) is 0 Å². The molecule has 4 nitrogen and oxygen atoms in total. The highest BCUT2D eigenvalue weighted by Crippen LogP contribution is 2.24. The first-order valence-electron chi connectivity index (χ1n) is 4.88. The molecular weight excluding hydrogens is 351 g/mol. The van der Waals surface area contributed by atoms with E-state index in [1.54, 1.807) is 6.92 Å². The van der Waals surface area contributed by atoms with Gasteiger partial charge in [-0.3, -0.25) is 0 Å². The van der Waals surface area contributed by atoms with Crippen LogP contribution in [0.2, 0.25) is 5.28 Å². The van der Waals surface area contributed by atoms with Crippen molar-refractivity contribution in [3.8, 4) is 0 Å². The number of anilines is 3. The van der Waals surface area contributed by atoms with Crippen LogP contribution in [0.4, 0.5) is 17.2 Å². The normalized spacial score (nSPS) is 10.3. The van der Waals surface area contributed by atoms with E-state index < -0.39 is 0 Å². The summed E-state index contributed by atoms with van der Waals surface area (Å²) in [5.74, 6) is 0.531. The van der Waals surface area contributed by atoms with Gasteiger partial charge >= 0.3 is 0 Å². The van der Waals surface area contributed by atoms with Gasteiger partial charge in [-0.1, -0.05) is 0 Å². The number of hydrogen-bond donors (Lipinski definition) is 2. The van der Waals surface area contributed by atoms with Gasteiger partial charge in [0.05, 0.1) is 11.4 Å². The van der Waals surface area contributed by atoms with Crippen LogP contribution in [0.1, 0.15) is 5.69 Å². The fraction of sp³-hybridized carbons (Fsp3) is 0.0909. The van der Waals surface area contributed by atoms with Crippen LogP contribution in [0.15, 0.2) is 24.3 Å². The molecule has 2 aromatic rings. The Morgan fingerprint density at radius 3 is 2.53 bits per heavy atom. The molecule has 3 N–H and O–H groups in total. The molecule has 0 atom stereocenters. The summed E-state index contributed by atoms with van der Waals surface area (Å²) in [6, 6.07) is 7.89. The van der Waals surface area contributed by atoms with Crippen molar-refractivity contribution in [3.63, 3.8) is 0 Å². The summed E-state index contributed by atoms with van der Waals surface area (Å²) < 4.78 is 1.16. The van der Waals surface area contributed by atoms with Crippen molar-refractivity contribution in [2.45, 2.75) is 6.92 Å². The highest BCUT2D eigenvalue weighted by atomic mass is 127. The lowest BCUT2D eigenvalue weighted by atomic mass is 10.3. The standard InChI is InChI=1S/C11H10ClIN4/c1-6-9(14)10(17-11(12)15-6)16-8-4-2-7(13)3-5-8/h2-5H,14H2,1H3,(H,15,16,17). The van der Waals surface area contributed by atoms with E-state index in [0.29, 0.717) is 17.2 Å². The molecule has 0 spiro atoms. The summed E-state index contributed by atoms with van der Waals surface area (Å²) in [4.78, 5) is 8.05. The molecule has 1 aromatic carbocycles. The van der Waals surface area contributed by atoms with E-state index in [1.165, 1.54) is 0 Å². The molecule has 88 valence electrons. The maximum atomic E-state index is 5.88. The second-order valence-corrected chi connectivity index (χ2v) is 5.06. The highest BCUT2D eigenvalue weighted by molar-refractivity contribution is 14.1. The average Bonchev–Trinajstić information content (AvgIpc) is 2.28. The third kappa shape index (κ3) is 2.98. The summed E-state index contributed by atoms with van der Waals surface area (Å²) >= 11 is 8.04. The first-order chi connectivity index (χ1) is 8.06. The van der Waals surface area contributed by atoms with Crippen LogP contribution >= 0.6 is 34.2 Å². The molecule has 0 saturated carbocycles. The van der Waals surface area contributed by atoms with Gasteiger partial charge in [0, 0.05) is 9.26 Å². The molecule has 1 aromatic heterocycles. The van der Waals surface area contributed by atoms with Crippen LogP contribution in [0.25, 0.3) is 0 Å². The zero-order chi connectivity index (χ0) is 12.4. The predicted molar refractivity (Wildman–Crippen MR) is 78.6 cm³/mol. The molecule has 0 aliphatic carbocycles. The van der Waals surface area contributed by atoms with Gasteiger partial charge in [-0.2, -0.15) is 4.98 Å². The molecule has 0 unspecified atom stereocenters. The molecule has 1 heterocycles. The van der Waals surface area contributed by atoms with Crippen LogP contribution < -0.4 is 11.1 Å². The Kier molecular flexibility index (Phi) is 3.68. The lowest BCUT2D eigenvalue weighted by molar-refractivity contribution is 1.11. The van der Waals surface area contributed by atoms with Gasteiger partial charge in [-0.15, -0.1) is 0 Å². The van der Waals surface area contributed by atoms with E-state index in [-0.39, 0.29) is 5.28 Å². The minimum absolute atomic E-state index is 0.185. The van der Waals surface area contributed by atoms with Crippen LogP contribution in [-0.4, -0.2) is 9.97 Å². The van der Waals surface area contributed by atoms with Gasteiger partial charge in [0.25, 0.3) is 0 Å². The number of aryl methyl sites for hydroxylation is 1. The van der Waals surface area contributed by atoms with Crippen LogP contribution in [0, 0.1) is 10.5 Å². The maximum Gasteiger partial charge on any atom is 0.224 e. The van der Waals surface area contributed by atoms with Crippen LogP contribution in [0.3, 0.4) is 0 Å². The quantitative estimate of drug-likeness (QED) is 0.637. The van der Waals surface area contributed by atoms with Crippen LogP contribution in [-0.2, 0) is 0 Å². The number of benzene rings is 1. The largest absolute Gasteiger partial charge is 0.394 e. The Morgan fingerprint density at radius 1 is 1.24 bits per heavy atom. The van der Waals surface area contributed by atoms with Crippen molar-refractivity contribution in [2.75, 3.05) is 11.1 Å². The Hall–Kier alpha value is -1.08. The summed E-state index contributed by atoms with van der Waals surface area (Å²) in [5.41, 5.74) is 7.96. The molecule has 0 aliphatic rings. The second-order valence-electron chi connectivity index (χ2n) is 3.47. The number of nitrogens with two attached hydrogens (primary N) is 1. The number of nitrogens with zero attached hydrogens (tertiary/aromatic N) is 2. The molecule has 0 aliphatic heterocycles. The van der Waals surface area contributed by atoms with Crippen molar-refractivity contribution in [1.29, 1.82) is 0 Å². The molecule has 0 amide bonds. The summed E-state index contributed by atoms with van der Waals surface area (Å²) in [6.07, 6.45) is 0. The third-order valence-electron chi connectivity index (χ3n) is 2.22. The van der Waals surface area contributed by atoms with E-state index in [4.69, 9.17) is 17.3 Å². The average molecular weight is 361 g/mol. The molecular formula is C11H10ClIN4. The summed E-state index contributed by atoms with van der Waals surface area (Å²) in [6.45, 7) is 1.79. The number of nitrogen functional groups attached to an aromatic ring is 1. The number of halogens is 2. The molecule has 6 heteroatoms. The number of hydrogen-bond acceptors (Lipinski definition) is 4. The number of rotatable bonds is 2. The summed E-state index contributed by atoms with van der Waals surface area (Å²) in [5, 5.41) is 3.30. The third-order valence-corrected chi connectivity index (χ3v) is 3.10. The molecule has 0 saturated heterocycles. The molecule has 17 heavy (non-hydrogen) atoms. The predicted octanol–water partition coefficient (Wildman–Crippen LogP) is 3.37. The van der Waals surface area contributed by atoms with Gasteiger partial charge < -0.3 is 11.1 Å². The number of aromatic nitrogens is 2.